The number of unbranched alkanes of at least 4 members (excludes halogenated alkanes) is 1. The minimum absolute atomic E-state index is 0.808. The first-order chi connectivity index (χ1) is 8.26. The topological polar surface area (TPSA) is 12.5 Å². The van der Waals surface area contributed by atoms with Crippen LogP contribution < -0.4 is 4.74 Å². The van der Waals surface area contributed by atoms with Crippen LogP contribution in [0.2, 0.25) is 0 Å². The van der Waals surface area contributed by atoms with Gasteiger partial charge in [-0.25, -0.2) is 0 Å². The average Bonchev–Trinajstić information content (AvgIpc) is 2.36. The Hall–Kier alpha value is -0.540. The van der Waals surface area contributed by atoms with Gasteiger partial charge < -0.3 is 9.64 Å². The Balaban J connectivity index is 2.10. The molecule has 96 valence electrons. The molecule has 0 heterocycles. The second kappa shape index (κ2) is 8.54. The summed E-state index contributed by atoms with van der Waals surface area (Å²) in [5.74, 6) is 0.955. The van der Waals surface area contributed by atoms with E-state index in [1.54, 1.807) is 0 Å². The second-order valence-electron chi connectivity index (χ2n) is 4.04. The van der Waals surface area contributed by atoms with Crippen LogP contribution in [0.1, 0.15) is 26.7 Å². The summed E-state index contributed by atoms with van der Waals surface area (Å²) in [6, 6.07) is 8.00. The van der Waals surface area contributed by atoms with Crippen molar-refractivity contribution < 1.29 is 4.74 Å². The largest absolute Gasteiger partial charge is 0.494 e. The number of rotatable bonds is 8. The van der Waals surface area contributed by atoms with Gasteiger partial charge in [0.15, 0.2) is 0 Å². The summed E-state index contributed by atoms with van der Waals surface area (Å²) in [5, 5.41) is 0. The highest BCUT2D eigenvalue weighted by Gasteiger charge is 1.98. The van der Waals surface area contributed by atoms with Gasteiger partial charge in [-0.2, -0.15) is 0 Å². The standard InChI is InChI=1S/C14H22BrNO/c1-3-16(4-2)11-5-6-12-17-14-9-7-13(15)8-10-14/h7-10H,3-6,11-12H2,1-2H3. The summed E-state index contributed by atoms with van der Waals surface area (Å²) in [4.78, 5) is 2.44. The Labute approximate surface area is 113 Å². The Morgan fingerprint density at radius 2 is 1.71 bits per heavy atom. The Bertz CT molecular complexity index is 296. The molecule has 1 aromatic carbocycles. The molecule has 17 heavy (non-hydrogen) atoms. The van der Waals surface area contributed by atoms with Gasteiger partial charge in [0.05, 0.1) is 6.61 Å². The van der Waals surface area contributed by atoms with Crippen LogP contribution in [0.5, 0.6) is 5.75 Å². The van der Waals surface area contributed by atoms with Crippen LogP contribution in [-0.2, 0) is 0 Å². The van der Waals surface area contributed by atoms with Crippen molar-refractivity contribution in [3.8, 4) is 5.75 Å². The molecule has 2 nitrogen and oxygen atoms in total. The van der Waals surface area contributed by atoms with Gasteiger partial charge in [0.25, 0.3) is 0 Å². The van der Waals surface area contributed by atoms with Gasteiger partial charge in [0, 0.05) is 4.47 Å². The maximum atomic E-state index is 5.67. The van der Waals surface area contributed by atoms with Crippen molar-refractivity contribution in [1.82, 2.24) is 4.90 Å². The van der Waals surface area contributed by atoms with E-state index in [4.69, 9.17) is 4.74 Å². The van der Waals surface area contributed by atoms with Crippen molar-refractivity contribution in [2.75, 3.05) is 26.2 Å². The molecule has 0 aliphatic carbocycles. The van der Waals surface area contributed by atoms with Crippen LogP contribution >= 0.6 is 15.9 Å². The quantitative estimate of drug-likeness (QED) is 0.674. The van der Waals surface area contributed by atoms with Gasteiger partial charge in [-0.05, 0) is 56.7 Å². The molecule has 1 rings (SSSR count). The fourth-order valence-electron chi connectivity index (χ4n) is 1.70. The van der Waals surface area contributed by atoms with Gasteiger partial charge >= 0.3 is 0 Å². The molecule has 0 bridgehead atoms. The zero-order valence-corrected chi connectivity index (χ0v) is 12.4. The molecule has 0 aliphatic rings. The lowest BCUT2D eigenvalue weighted by molar-refractivity contribution is 0.266. The van der Waals surface area contributed by atoms with Gasteiger partial charge in [0.1, 0.15) is 5.75 Å². The molecular formula is C14H22BrNO. The summed E-state index contributed by atoms with van der Waals surface area (Å²) in [7, 11) is 0. The lowest BCUT2D eigenvalue weighted by Gasteiger charge is -2.17. The normalized spacial score (nSPS) is 10.8. The van der Waals surface area contributed by atoms with Crippen LogP contribution in [-0.4, -0.2) is 31.1 Å². The predicted molar refractivity (Wildman–Crippen MR) is 76.7 cm³/mol. The number of ether oxygens (including phenoxy) is 1. The lowest BCUT2D eigenvalue weighted by atomic mass is 10.3. The van der Waals surface area contributed by atoms with Crippen molar-refractivity contribution in [3.63, 3.8) is 0 Å². The molecule has 0 amide bonds. The zero-order chi connectivity index (χ0) is 12.5. The van der Waals surface area contributed by atoms with E-state index < -0.39 is 0 Å². The first-order valence-electron chi connectivity index (χ1n) is 6.37. The van der Waals surface area contributed by atoms with Gasteiger partial charge in [-0.3, -0.25) is 0 Å². The third-order valence-electron chi connectivity index (χ3n) is 2.85. The number of nitrogens with zero attached hydrogens (tertiary/aromatic N) is 1. The molecule has 0 radical (unpaired) electrons. The molecule has 0 aliphatic heterocycles. The molecule has 0 N–H and O–H groups in total. The molecule has 0 unspecified atom stereocenters. The zero-order valence-electron chi connectivity index (χ0n) is 10.8. The van der Waals surface area contributed by atoms with E-state index in [0.717, 1.165) is 36.3 Å². The van der Waals surface area contributed by atoms with Crippen LogP contribution in [0.4, 0.5) is 0 Å². The van der Waals surface area contributed by atoms with Crippen LogP contribution in [0.25, 0.3) is 0 Å². The molecule has 1 aromatic rings. The predicted octanol–water partition coefficient (Wildman–Crippen LogP) is 3.95. The van der Waals surface area contributed by atoms with Gasteiger partial charge in [0.2, 0.25) is 0 Å². The molecular weight excluding hydrogens is 278 g/mol. The first-order valence-corrected chi connectivity index (χ1v) is 7.16. The smallest absolute Gasteiger partial charge is 0.119 e. The van der Waals surface area contributed by atoms with Crippen molar-refractivity contribution in [1.29, 1.82) is 0 Å². The van der Waals surface area contributed by atoms with Crippen molar-refractivity contribution >= 4 is 15.9 Å². The minimum atomic E-state index is 0.808. The maximum absolute atomic E-state index is 5.67. The fraction of sp³-hybridized carbons (Fsp3) is 0.571. The Morgan fingerprint density at radius 1 is 1.06 bits per heavy atom. The van der Waals surface area contributed by atoms with E-state index in [2.05, 4.69) is 34.7 Å². The molecule has 3 heteroatoms. The lowest BCUT2D eigenvalue weighted by Crippen LogP contribution is -2.24. The highest BCUT2D eigenvalue weighted by Crippen LogP contribution is 2.16. The van der Waals surface area contributed by atoms with E-state index >= 15 is 0 Å². The van der Waals surface area contributed by atoms with E-state index in [-0.39, 0.29) is 0 Å². The van der Waals surface area contributed by atoms with E-state index in [9.17, 15) is 0 Å². The summed E-state index contributed by atoms with van der Waals surface area (Å²) < 4.78 is 6.76. The highest BCUT2D eigenvalue weighted by molar-refractivity contribution is 9.10. The van der Waals surface area contributed by atoms with Crippen LogP contribution in [0.15, 0.2) is 28.7 Å². The van der Waals surface area contributed by atoms with Crippen LogP contribution in [0.3, 0.4) is 0 Å². The van der Waals surface area contributed by atoms with Crippen LogP contribution in [0, 0.1) is 0 Å². The number of halogens is 1. The fourth-order valence-corrected chi connectivity index (χ4v) is 1.96. The van der Waals surface area contributed by atoms with Crippen molar-refractivity contribution in [2.24, 2.45) is 0 Å². The third kappa shape index (κ3) is 6.08. The highest BCUT2D eigenvalue weighted by atomic mass is 79.9. The maximum Gasteiger partial charge on any atom is 0.119 e. The van der Waals surface area contributed by atoms with Gasteiger partial charge in [-0.1, -0.05) is 29.8 Å². The first kappa shape index (κ1) is 14.5. The molecule has 0 saturated carbocycles. The Morgan fingerprint density at radius 3 is 2.29 bits per heavy atom. The van der Waals surface area contributed by atoms with Crippen molar-refractivity contribution in [2.45, 2.75) is 26.7 Å². The molecule has 0 fully saturated rings. The number of benzene rings is 1. The average molecular weight is 300 g/mol. The molecule has 0 saturated heterocycles. The third-order valence-corrected chi connectivity index (χ3v) is 3.37. The molecule has 0 aromatic heterocycles. The summed E-state index contributed by atoms with van der Waals surface area (Å²) >= 11 is 3.41. The monoisotopic (exact) mass is 299 g/mol. The summed E-state index contributed by atoms with van der Waals surface area (Å²) in [5.41, 5.74) is 0. The Kier molecular flexibility index (Phi) is 7.29. The molecule has 0 spiro atoms. The summed E-state index contributed by atoms with van der Waals surface area (Å²) in [6.45, 7) is 8.69. The number of hydrogen-bond acceptors (Lipinski definition) is 2. The van der Waals surface area contributed by atoms with Gasteiger partial charge in [-0.15, -0.1) is 0 Å². The summed E-state index contributed by atoms with van der Waals surface area (Å²) in [6.07, 6.45) is 2.32. The van der Waals surface area contributed by atoms with Crippen molar-refractivity contribution in [3.05, 3.63) is 28.7 Å². The van der Waals surface area contributed by atoms with E-state index in [1.165, 1.54) is 13.0 Å². The van der Waals surface area contributed by atoms with E-state index in [0.29, 0.717) is 0 Å². The van der Waals surface area contributed by atoms with E-state index in [1.807, 2.05) is 24.3 Å². The second-order valence-corrected chi connectivity index (χ2v) is 4.95. The molecule has 0 atom stereocenters. The SMILES string of the molecule is CCN(CC)CCCCOc1ccc(Br)cc1. The minimum Gasteiger partial charge on any atom is -0.494 e. The number of hydrogen-bond donors (Lipinski definition) is 0.